The van der Waals surface area contributed by atoms with Crippen LogP contribution in [0.15, 0.2) is 22.7 Å². The van der Waals surface area contributed by atoms with Crippen molar-refractivity contribution in [3.8, 4) is 6.07 Å². The molecule has 0 aromatic heterocycles. The first-order valence-electron chi connectivity index (χ1n) is 6.33. The topological polar surface area (TPSA) is 102 Å². The minimum absolute atomic E-state index is 0.133. The van der Waals surface area contributed by atoms with Crippen molar-refractivity contribution in [1.29, 1.82) is 5.26 Å². The Bertz CT molecular complexity index is 581. The molecule has 7 heteroatoms. The number of urea groups is 1. The van der Waals surface area contributed by atoms with E-state index < -0.39 is 18.0 Å². The summed E-state index contributed by atoms with van der Waals surface area (Å²) < 4.78 is 0.716. The fourth-order valence-electron chi connectivity index (χ4n) is 1.73. The lowest BCUT2D eigenvalue weighted by Gasteiger charge is -2.17. The first kappa shape index (κ1) is 17.0. The summed E-state index contributed by atoms with van der Waals surface area (Å²) >= 11 is 3.23. The van der Waals surface area contributed by atoms with Gasteiger partial charge in [0, 0.05) is 4.47 Å². The highest BCUT2D eigenvalue weighted by molar-refractivity contribution is 9.10. The molecule has 0 unspecified atom stereocenters. The summed E-state index contributed by atoms with van der Waals surface area (Å²) in [5.74, 6) is -0.955. The Morgan fingerprint density at radius 1 is 1.43 bits per heavy atom. The Labute approximate surface area is 131 Å². The van der Waals surface area contributed by atoms with Gasteiger partial charge in [0.15, 0.2) is 0 Å². The fraction of sp³-hybridized carbons (Fsp3) is 0.357. The molecule has 0 spiro atoms. The van der Waals surface area contributed by atoms with Gasteiger partial charge in [-0.2, -0.15) is 5.26 Å². The summed E-state index contributed by atoms with van der Waals surface area (Å²) in [7, 11) is 0. The number of benzene rings is 1. The van der Waals surface area contributed by atoms with E-state index in [9.17, 15) is 9.59 Å². The van der Waals surface area contributed by atoms with Crippen LogP contribution in [-0.2, 0) is 4.79 Å². The Hall–Kier alpha value is -2.07. The number of anilines is 1. The maximum atomic E-state index is 11.9. The van der Waals surface area contributed by atoms with Crippen LogP contribution in [0.3, 0.4) is 0 Å². The summed E-state index contributed by atoms with van der Waals surface area (Å²) in [6, 6.07) is 5.16. The number of hydrogen-bond donors (Lipinski definition) is 3. The number of carbonyl (C=O) groups is 2. The molecule has 112 valence electrons. The summed E-state index contributed by atoms with van der Waals surface area (Å²) in [5.41, 5.74) is 0.613. The van der Waals surface area contributed by atoms with Gasteiger partial charge in [-0.05, 0) is 30.5 Å². The monoisotopic (exact) mass is 353 g/mol. The molecule has 2 amide bonds. The van der Waals surface area contributed by atoms with E-state index in [1.807, 2.05) is 19.9 Å². The molecule has 0 radical (unpaired) electrons. The zero-order valence-electron chi connectivity index (χ0n) is 11.7. The number of halogens is 1. The molecule has 0 aliphatic carbocycles. The van der Waals surface area contributed by atoms with Crippen molar-refractivity contribution in [2.45, 2.75) is 26.3 Å². The molecule has 0 bridgehead atoms. The molecule has 1 aromatic carbocycles. The van der Waals surface area contributed by atoms with Crippen LogP contribution >= 0.6 is 15.9 Å². The number of nitrogens with zero attached hydrogens (tertiary/aromatic N) is 1. The van der Waals surface area contributed by atoms with Gasteiger partial charge in [0.25, 0.3) is 0 Å². The lowest BCUT2D eigenvalue weighted by Crippen LogP contribution is -2.43. The predicted molar refractivity (Wildman–Crippen MR) is 81.9 cm³/mol. The number of hydrogen-bond acceptors (Lipinski definition) is 3. The number of carbonyl (C=O) groups excluding carboxylic acids is 1. The maximum absolute atomic E-state index is 11.9. The van der Waals surface area contributed by atoms with Crippen molar-refractivity contribution >= 4 is 33.6 Å². The van der Waals surface area contributed by atoms with E-state index in [1.54, 1.807) is 18.2 Å². The summed E-state index contributed by atoms with van der Waals surface area (Å²) in [5, 5.41) is 23.0. The van der Waals surface area contributed by atoms with Crippen LogP contribution in [0.5, 0.6) is 0 Å². The molecule has 21 heavy (non-hydrogen) atoms. The van der Waals surface area contributed by atoms with Gasteiger partial charge in [-0.15, -0.1) is 0 Å². The zero-order valence-corrected chi connectivity index (χ0v) is 13.3. The molecule has 0 fully saturated rings. The van der Waals surface area contributed by atoms with Crippen LogP contribution in [-0.4, -0.2) is 23.1 Å². The molecule has 0 saturated carbocycles. The SMILES string of the molecule is CC(C)C[C@H](NC(=O)Nc1ccc(Br)cc1C#N)C(=O)O. The van der Waals surface area contributed by atoms with Crippen molar-refractivity contribution in [2.75, 3.05) is 5.32 Å². The highest BCUT2D eigenvalue weighted by Crippen LogP contribution is 2.20. The number of carboxylic acids is 1. The molecular weight excluding hydrogens is 338 g/mol. The van der Waals surface area contributed by atoms with Crippen LogP contribution in [0, 0.1) is 17.2 Å². The van der Waals surface area contributed by atoms with E-state index in [0.29, 0.717) is 16.6 Å². The fourth-order valence-corrected chi connectivity index (χ4v) is 2.09. The van der Waals surface area contributed by atoms with Crippen LogP contribution in [0.25, 0.3) is 0 Å². The smallest absolute Gasteiger partial charge is 0.326 e. The van der Waals surface area contributed by atoms with E-state index >= 15 is 0 Å². The average molecular weight is 354 g/mol. The van der Waals surface area contributed by atoms with Gasteiger partial charge in [0.1, 0.15) is 12.1 Å². The van der Waals surface area contributed by atoms with Crippen LogP contribution in [0.2, 0.25) is 0 Å². The third kappa shape index (κ3) is 5.44. The van der Waals surface area contributed by atoms with Gasteiger partial charge in [-0.25, -0.2) is 9.59 Å². The summed E-state index contributed by atoms with van der Waals surface area (Å²) in [6.45, 7) is 3.75. The molecule has 0 aliphatic heterocycles. The van der Waals surface area contributed by atoms with Gasteiger partial charge in [0.2, 0.25) is 0 Å². The third-order valence-corrected chi connectivity index (χ3v) is 3.15. The van der Waals surface area contributed by atoms with Gasteiger partial charge >= 0.3 is 12.0 Å². The standard InChI is InChI=1S/C14H16BrN3O3/c1-8(2)5-12(13(19)20)18-14(21)17-11-4-3-10(15)6-9(11)7-16/h3-4,6,8,12H,5H2,1-2H3,(H,19,20)(H2,17,18,21)/t12-/m0/s1. The summed E-state index contributed by atoms with van der Waals surface area (Å²) in [4.78, 5) is 22.9. The van der Waals surface area contributed by atoms with Crippen LogP contribution in [0.4, 0.5) is 10.5 Å². The molecule has 0 aliphatic rings. The van der Waals surface area contributed by atoms with Gasteiger partial charge in [0.05, 0.1) is 11.3 Å². The zero-order chi connectivity index (χ0) is 16.0. The number of nitriles is 1. The minimum Gasteiger partial charge on any atom is -0.480 e. The summed E-state index contributed by atoms with van der Waals surface area (Å²) in [6.07, 6.45) is 0.328. The number of carboxylic acid groups (broad SMARTS) is 1. The van der Waals surface area contributed by atoms with Crippen LogP contribution in [0.1, 0.15) is 25.8 Å². The molecule has 0 saturated heterocycles. The van der Waals surface area contributed by atoms with E-state index in [-0.39, 0.29) is 11.5 Å². The molecule has 0 heterocycles. The number of rotatable bonds is 5. The number of amides is 2. The second-order valence-electron chi connectivity index (χ2n) is 4.92. The molecule has 1 atom stereocenters. The molecule has 6 nitrogen and oxygen atoms in total. The average Bonchev–Trinajstić information content (AvgIpc) is 2.39. The van der Waals surface area contributed by atoms with Gasteiger partial charge < -0.3 is 15.7 Å². The highest BCUT2D eigenvalue weighted by Gasteiger charge is 2.21. The van der Waals surface area contributed by atoms with Crippen molar-refractivity contribution in [2.24, 2.45) is 5.92 Å². The van der Waals surface area contributed by atoms with E-state index in [1.165, 1.54) is 0 Å². The van der Waals surface area contributed by atoms with E-state index in [2.05, 4.69) is 26.6 Å². The quantitative estimate of drug-likeness (QED) is 0.756. The lowest BCUT2D eigenvalue weighted by molar-refractivity contribution is -0.139. The molecule has 1 aromatic rings. The third-order valence-electron chi connectivity index (χ3n) is 2.66. The van der Waals surface area contributed by atoms with Crippen molar-refractivity contribution in [3.05, 3.63) is 28.2 Å². The van der Waals surface area contributed by atoms with Crippen molar-refractivity contribution in [3.63, 3.8) is 0 Å². The van der Waals surface area contributed by atoms with E-state index in [4.69, 9.17) is 10.4 Å². The Morgan fingerprint density at radius 3 is 2.62 bits per heavy atom. The van der Waals surface area contributed by atoms with E-state index in [0.717, 1.165) is 0 Å². The second-order valence-corrected chi connectivity index (χ2v) is 5.84. The molecule has 3 N–H and O–H groups in total. The van der Waals surface area contributed by atoms with Gasteiger partial charge in [-0.3, -0.25) is 0 Å². The lowest BCUT2D eigenvalue weighted by atomic mass is 10.0. The van der Waals surface area contributed by atoms with Crippen molar-refractivity contribution < 1.29 is 14.7 Å². The number of aliphatic carboxylic acids is 1. The minimum atomic E-state index is -1.09. The Balaban J connectivity index is 2.77. The first-order valence-corrected chi connectivity index (χ1v) is 7.12. The molecular formula is C14H16BrN3O3. The van der Waals surface area contributed by atoms with Gasteiger partial charge in [-0.1, -0.05) is 29.8 Å². The Kier molecular flexibility index (Phi) is 6.18. The molecule has 1 rings (SSSR count). The van der Waals surface area contributed by atoms with Crippen LogP contribution < -0.4 is 10.6 Å². The second kappa shape index (κ2) is 7.64. The Morgan fingerprint density at radius 2 is 2.10 bits per heavy atom. The van der Waals surface area contributed by atoms with Crippen molar-refractivity contribution in [1.82, 2.24) is 5.32 Å². The normalized spacial score (nSPS) is 11.6. The largest absolute Gasteiger partial charge is 0.480 e. The first-order chi connectivity index (χ1) is 9.83. The predicted octanol–water partition coefficient (Wildman–Crippen LogP) is 2.94. The number of nitrogens with one attached hydrogen (secondary N) is 2. The maximum Gasteiger partial charge on any atom is 0.326 e. The highest BCUT2D eigenvalue weighted by atomic mass is 79.9.